The van der Waals surface area contributed by atoms with Crippen LogP contribution < -0.4 is 0 Å². The first-order valence-electron chi connectivity index (χ1n) is 9.38. The topological polar surface area (TPSA) is 86.3 Å². The molecular weight excluding hydrogens is 412 g/mol. The fourth-order valence-corrected chi connectivity index (χ4v) is 4.35. The van der Waals surface area contributed by atoms with Crippen LogP contribution in [0.2, 0.25) is 0 Å². The van der Waals surface area contributed by atoms with Gasteiger partial charge in [-0.25, -0.2) is 0 Å². The van der Waals surface area contributed by atoms with E-state index in [0.29, 0.717) is 0 Å². The molecule has 4 aromatic rings. The normalized spacial score (nSPS) is 10.6. The van der Waals surface area contributed by atoms with Crippen LogP contribution in [0, 0.1) is 20.2 Å². The van der Waals surface area contributed by atoms with Gasteiger partial charge in [-0.2, -0.15) is 0 Å². The fourth-order valence-electron chi connectivity index (χ4n) is 3.23. The number of benzene rings is 4. The molecule has 0 fully saturated rings. The Morgan fingerprint density at radius 3 is 1.23 bits per heavy atom. The maximum atomic E-state index is 11.0. The molecule has 6 nitrogen and oxygen atoms in total. The molecule has 0 N–H and O–H groups in total. The van der Waals surface area contributed by atoms with Gasteiger partial charge in [0.1, 0.15) is 0 Å². The Bertz CT molecular complexity index is 1160. The molecule has 0 saturated carbocycles. The van der Waals surface area contributed by atoms with Crippen LogP contribution in [0.1, 0.15) is 0 Å². The number of nitrogens with zero attached hydrogens (tertiary/aromatic N) is 2. The molecule has 4 rings (SSSR count). The molecule has 0 aliphatic heterocycles. The molecule has 0 atom stereocenters. The number of nitro benzene ring substituents is 2. The van der Waals surface area contributed by atoms with Gasteiger partial charge in [-0.05, 0) is 58.7 Å². The van der Waals surface area contributed by atoms with Gasteiger partial charge in [0.25, 0.3) is 11.4 Å². The number of non-ortho nitro benzene ring substituents is 2. The van der Waals surface area contributed by atoms with Gasteiger partial charge in [-0.3, -0.25) is 20.2 Å². The van der Waals surface area contributed by atoms with Crippen molar-refractivity contribution in [3.63, 3.8) is 0 Å². The lowest BCUT2D eigenvalue weighted by Crippen LogP contribution is -1.89. The van der Waals surface area contributed by atoms with Crippen molar-refractivity contribution >= 4 is 23.1 Å². The highest BCUT2D eigenvalue weighted by Gasteiger charge is 2.13. The molecule has 0 heterocycles. The molecule has 152 valence electrons. The van der Waals surface area contributed by atoms with Crippen LogP contribution in [-0.4, -0.2) is 9.85 Å². The van der Waals surface area contributed by atoms with Gasteiger partial charge in [0.15, 0.2) is 0 Å². The van der Waals surface area contributed by atoms with E-state index < -0.39 is 9.85 Å². The van der Waals surface area contributed by atoms with Gasteiger partial charge in [-0.15, -0.1) is 0 Å². The van der Waals surface area contributed by atoms with Gasteiger partial charge in [-0.1, -0.05) is 48.2 Å². The lowest BCUT2D eigenvalue weighted by molar-refractivity contribution is -0.385. The second-order valence-corrected chi connectivity index (χ2v) is 7.79. The maximum Gasteiger partial charge on any atom is 0.269 e. The number of rotatable bonds is 6. The van der Waals surface area contributed by atoms with E-state index in [-0.39, 0.29) is 11.4 Å². The Morgan fingerprint density at radius 2 is 0.871 bits per heavy atom. The lowest BCUT2D eigenvalue weighted by atomic mass is 10.1. The number of hydrogen-bond acceptors (Lipinski definition) is 5. The first-order chi connectivity index (χ1) is 15.0. The molecule has 0 aromatic heterocycles. The zero-order valence-corrected chi connectivity index (χ0v) is 17.0. The minimum atomic E-state index is -0.412. The van der Waals surface area contributed by atoms with E-state index in [9.17, 15) is 20.2 Å². The molecule has 0 aliphatic carbocycles. The summed E-state index contributed by atoms with van der Waals surface area (Å²) in [5, 5.41) is 21.9. The summed E-state index contributed by atoms with van der Waals surface area (Å²) in [5.41, 5.74) is 3.83. The third kappa shape index (κ3) is 4.46. The van der Waals surface area contributed by atoms with Crippen LogP contribution in [0.15, 0.2) is 107 Å². The summed E-state index contributed by atoms with van der Waals surface area (Å²) in [7, 11) is 0. The molecule has 0 saturated heterocycles. The average Bonchev–Trinajstić information content (AvgIpc) is 2.80. The largest absolute Gasteiger partial charge is 0.269 e. The van der Waals surface area contributed by atoms with E-state index in [1.54, 1.807) is 36.0 Å². The zero-order chi connectivity index (χ0) is 21.8. The van der Waals surface area contributed by atoms with E-state index >= 15 is 0 Å². The SMILES string of the molecule is O=[N+]([O-])c1ccc(-c2ccccc2Sc2ccccc2-c2ccc([N+](=O)[O-])cc2)cc1. The molecule has 4 aromatic carbocycles. The summed E-state index contributed by atoms with van der Waals surface area (Å²) >= 11 is 1.58. The Balaban J connectivity index is 1.70. The van der Waals surface area contributed by atoms with Crippen molar-refractivity contribution in [2.45, 2.75) is 9.79 Å². The highest BCUT2D eigenvalue weighted by molar-refractivity contribution is 7.99. The summed E-state index contributed by atoms with van der Waals surface area (Å²) in [6.45, 7) is 0. The summed E-state index contributed by atoms with van der Waals surface area (Å²) in [6.07, 6.45) is 0. The highest BCUT2D eigenvalue weighted by atomic mass is 32.2. The van der Waals surface area contributed by atoms with Gasteiger partial charge < -0.3 is 0 Å². The van der Waals surface area contributed by atoms with E-state index in [0.717, 1.165) is 32.0 Å². The second kappa shape index (κ2) is 8.81. The lowest BCUT2D eigenvalue weighted by Gasteiger charge is -2.13. The smallest absolute Gasteiger partial charge is 0.258 e. The first kappa shape index (κ1) is 20.3. The molecular formula is C24H16N2O4S. The molecule has 0 unspecified atom stereocenters. The molecule has 31 heavy (non-hydrogen) atoms. The first-order valence-corrected chi connectivity index (χ1v) is 10.2. The summed E-state index contributed by atoms with van der Waals surface area (Å²) in [4.78, 5) is 23.1. The van der Waals surface area contributed by atoms with Gasteiger partial charge in [0, 0.05) is 34.1 Å². The summed E-state index contributed by atoms with van der Waals surface area (Å²) in [6, 6.07) is 28.8. The monoisotopic (exact) mass is 428 g/mol. The predicted molar refractivity (Wildman–Crippen MR) is 121 cm³/mol. The van der Waals surface area contributed by atoms with Crippen molar-refractivity contribution in [1.29, 1.82) is 0 Å². The van der Waals surface area contributed by atoms with E-state index in [1.165, 1.54) is 24.3 Å². The molecule has 0 aliphatic rings. The standard InChI is InChI=1S/C24H16N2O4S/c27-25(28)19-13-9-17(10-14-19)21-5-1-3-7-23(21)31-24-8-4-2-6-22(24)18-11-15-20(16-12-18)26(29)30/h1-16H. The molecule has 0 amide bonds. The van der Waals surface area contributed by atoms with Gasteiger partial charge >= 0.3 is 0 Å². The van der Waals surface area contributed by atoms with Crippen LogP contribution >= 0.6 is 11.8 Å². The quantitative estimate of drug-likeness (QED) is 0.244. The van der Waals surface area contributed by atoms with Crippen LogP contribution in [0.5, 0.6) is 0 Å². The van der Waals surface area contributed by atoms with Crippen molar-refractivity contribution in [3.8, 4) is 22.3 Å². The molecule has 7 heteroatoms. The number of nitro groups is 2. The minimum absolute atomic E-state index is 0.0531. The number of hydrogen-bond donors (Lipinski definition) is 0. The summed E-state index contributed by atoms with van der Waals surface area (Å²) < 4.78 is 0. The highest BCUT2D eigenvalue weighted by Crippen LogP contribution is 2.40. The van der Waals surface area contributed by atoms with Gasteiger partial charge in [0.2, 0.25) is 0 Å². The Morgan fingerprint density at radius 1 is 0.516 bits per heavy atom. The van der Waals surface area contributed by atoms with E-state index in [4.69, 9.17) is 0 Å². The van der Waals surface area contributed by atoms with Gasteiger partial charge in [0.05, 0.1) is 9.85 Å². The van der Waals surface area contributed by atoms with Crippen LogP contribution in [0.3, 0.4) is 0 Å². The van der Waals surface area contributed by atoms with Crippen LogP contribution in [0.4, 0.5) is 11.4 Å². The maximum absolute atomic E-state index is 11.0. The average molecular weight is 428 g/mol. The predicted octanol–water partition coefficient (Wildman–Crippen LogP) is 6.99. The van der Waals surface area contributed by atoms with E-state index in [1.807, 2.05) is 48.5 Å². The zero-order valence-electron chi connectivity index (χ0n) is 16.2. The van der Waals surface area contributed by atoms with Crippen molar-refractivity contribution in [2.75, 3.05) is 0 Å². The van der Waals surface area contributed by atoms with Crippen molar-refractivity contribution in [1.82, 2.24) is 0 Å². The second-order valence-electron chi connectivity index (χ2n) is 6.70. The molecule has 0 bridgehead atoms. The van der Waals surface area contributed by atoms with Crippen LogP contribution in [-0.2, 0) is 0 Å². The minimum Gasteiger partial charge on any atom is -0.258 e. The molecule has 0 radical (unpaired) electrons. The Labute approximate surface area is 182 Å². The fraction of sp³-hybridized carbons (Fsp3) is 0. The molecule has 0 spiro atoms. The third-order valence-corrected chi connectivity index (χ3v) is 5.92. The van der Waals surface area contributed by atoms with E-state index in [2.05, 4.69) is 0 Å². The van der Waals surface area contributed by atoms with Crippen molar-refractivity contribution in [3.05, 3.63) is 117 Å². The van der Waals surface area contributed by atoms with Crippen molar-refractivity contribution in [2.24, 2.45) is 0 Å². The third-order valence-electron chi connectivity index (χ3n) is 4.77. The van der Waals surface area contributed by atoms with Crippen molar-refractivity contribution < 1.29 is 9.85 Å². The van der Waals surface area contributed by atoms with Crippen LogP contribution in [0.25, 0.3) is 22.3 Å². The Hall–Kier alpha value is -3.97. The Kier molecular flexibility index (Phi) is 5.77. The summed E-state index contributed by atoms with van der Waals surface area (Å²) in [5.74, 6) is 0.